The first-order valence-corrected chi connectivity index (χ1v) is 9.64. The molecule has 5 nitrogen and oxygen atoms in total. The lowest BCUT2D eigenvalue weighted by Crippen LogP contribution is -2.15. The van der Waals surface area contributed by atoms with Crippen LogP contribution in [0.4, 0.5) is 10.3 Å². The van der Waals surface area contributed by atoms with E-state index >= 15 is 0 Å². The van der Waals surface area contributed by atoms with Crippen molar-refractivity contribution in [3.63, 3.8) is 0 Å². The van der Waals surface area contributed by atoms with E-state index in [2.05, 4.69) is 22.1 Å². The van der Waals surface area contributed by atoms with Gasteiger partial charge >= 0.3 is 5.56 Å². The molecule has 0 saturated carbocycles. The van der Waals surface area contributed by atoms with Gasteiger partial charge in [-0.25, -0.2) is 9.38 Å². The second kappa shape index (κ2) is 8.17. The summed E-state index contributed by atoms with van der Waals surface area (Å²) in [5.41, 5.74) is 2.85. The van der Waals surface area contributed by atoms with E-state index in [-0.39, 0.29) is 22.6 Å². The first-order valence-electron chi connectivity index (χ1n) is 9.26. The Morgan fingerprint density at radius 2 is 2.17 bits per heavy atom. The van der Waals surface area contributed by atoms with Crippen molar-refractivity contribution in [1.82, 2.24) is 9.55 Å². The number of fused-ring (bicyclic) bond motifs is 1. The zero-order valence-corrected chi connectivity index (χ0v) is 16.6. The maximum atomic E-state index is 13.5. The lowest BCUT2D eigenvalue weighted by molar-refractivity contribution is 0.402. The number of aryl methyl sites for hydroxylation is 1. The molecule has 0 N–H and O–H groups in total. The fourth-order valence-corrected chi connectivity index (χ4v) is 3.76. The molecule has 1 aliphatic rings. The molecule has 0 bridgehead atoms. The third kappa shape index (κ3) is 4.07. The van der Waals surface area contributed by atoms with E-state index in [1.807, 2.05) is 18.3 Å². The van der Waals surface area contributed by atoms with E-state index in [0.717, 1.165) is 18.4 Å². The quantitative estimate of drug-likeness (QED) is 0.580. The van der Waals surface area contributed by atoms with Gasteiger partial charge in [-0.15, -0.1) is 0 Å². The Morgan fingerprint density at radius 3 is 2.97 bits per heavy atom. The van der Waals surface area contributed by atoms with Gasteiger partial charge in [-0.05, 0) is 41.7 Å². The Morgan fingerprint density at radius 1 is 1.34 bits per heavy atom. The van der Waals surface area contributed by atoms with Gasteiger partial charge in [0.2, 0.25) is 11.7 Å². The molecule has 0 amide bonds. The number of rotatable bonds is 5. The van der Waals surface area contributed by atoms with Crippen molar-refractivity contribution in [1.29, 1.82) is 0 Å². The van der Waals surface area contributed by atoms with E-state index in [0.29, 0.717) is 6.54 Å². The molecular weight excluding hydrogens is 393 g/mol. The number of aliphatic imine (C=N–C) groups is 1. The van der Waals surface area contributed by atoms with Crippen LogP contribution in [-0.2, 0) is 13.0 Å². The minimum atomic E-state index is -0.486. The van der Waals surface area contributed by atoms with E-state index in [4.69, 9.17) is 16.3 Å². The SMILES string of the molecule is COc1cn(Cc2ccc(F)c(Cl)c2)c(/N=C/C2CCc3ccccc32)nc1=O. The van der Waals surface area contributed by atoms with Crippen LogP contribution in [0, 0.1) is 5.82 Å². The van der Waals surface area contributed by atoms with Gasteiger partial charge in [-0.3, -0.25) is 4.79 Å². The molecule has 0 radical (unpaired) electrons. The van der Waals surface area contributed by atoms with Crippen LogP contribution in [0.5, 0.6) is 5.75 Å². The van der Waals surface area contributed by atoms with E-state index in [1.54, 1.807) is 22.9 Å². The molecule has 1 unspecified atom stereocenters. The third-order valence-electron chi connectivity index (χ3n) is 5.05. The molecule has 4 rings (SSSR count). The second-order valence-corrected chi connectivity index (χ2v) is 7.32. The van der Waals surface area contributed by atoms with E-state index in [9.17, 15) is 9.18 Å². The predicted octanol–water partition coefficient (Wildman–Crippen LogP) is 4.53. The smallest absolute Gasteiger partial charge is 0.316 e. The maximum absolute atomic E-state index is 13.5. The summed E-state index contributed by atoms with van der Waals surface area (Å²) >= 11 is 5.89. The maximum Gasteiger partial charge on any atom is 0.316 e. The van der Waals surface area contributed by atoms with Crippen molar-refractivity contribution in [2.45, 2.75) is 25.3 Å². The molecule has 7 heteroatoms. The van der Waals surface area contributed by atoms with E-state index in [1.165, 1.54) is 24.3 Å². The van der Waals surface area contributed by atoms with Crippen molar-refractivity contribution in [2.24, 2.45) is 4.99 Å². The number of benzene rings is 2. The summed E-state index contributed by atoms with van der Waals surface area (Å²) in [4.78, 5) is 20.8. The molecule has 1 heterocycles. The summed E-state index contributed by atoms with van der Waals surface area (Å²) in [6.07, 6.45) is 5.37. The number of ether oxygens (including phenoxy) is 1. The Bertz CT molecular complexity index is 1140. The second-order valence-electron chi connectivity index (χ2n) is 6.91. The molecule has 0 saturated heterocycles. The molecule has 0 fully saturated rings. The molecule has 1 atom stereocenters. The lowest BCUT2D eigenvalue weighted by Gasteiger charge is -2.12. The standard InChI is InChI=1S/C22H19ClFN3O2/c1-29-20-13-27(12-14-6-9-19(24)18(23)10-14)22(26-21(20)28)25-11-16-8-7-15-4-2-3-5-17(15)16/h2-6,9-11,13,16H,7-8,12H2,1H3/b25-11+. The lowest BCUT2D eigenvalue weighted by atomic mass is 10.0. The molecule has 0 aliphatic heterocycles. The molecule has 1 aromatic heterocycles. The molecule has 29 heavy (non-hydrogen) atoms. The molecule has 0 spiro atoms. The molecular formula is C22H19ClFN3O2. The van der Waals surface area contributed by atoms with Gasteiger partial charge in [0.1, 0.15) is 5.82 Å². The van der Waals surface area contributed by atoms with Crippen molar-refractivity contribution in [3.8, 4) is 5.75 Å². The first-order chi connectivity index (χ1) is 14.0. The average molecular weight is 412 g/mol. The highest BCUT2D eigenvalue weighted by Gasteiger charge is 2.20. The van der Waals surface area contributed by atoms with E-state index < -0.39 is 11.4 Å². The highest BCUT2D eigenvalue weighted by molar-refractivity contribution is 6.30. The summed E-state index contributed by atoms with van der Waals surface area (Å²) < 4.78 is 20.3. The van der Waals surface area contributed by atoms with Crippen LogP contribution in [-0.4, -0.2) is 22.9 Å². The molecule has 1 aliphatic carbocycles. The summed E-state index contributed by atoms with van der Waals surface area (Å²) in [6.45, 7) is 0.317. The Labute approximate surface area is 172 Å². The number of methoxy groups -OCH3 is 1. The van der Waals surface area contributed by atoms with Crippen molar-refractivity contribution in [2.75, 3.05) is 7.11 Å². The summed E-state index contributed by atoms with van der Waals surface area (Å²) in [5.74, 6) is 0.0760. The van der Waals surface area contributed by atoms with Crippen LogP contribution in [0.3, 0.4) is 0 Å². The number of hydrogen-bond donors (Lipinski definition) is 0. The zero-order chi connectivity index (χ0) is 20.4. The molecule has 2 aromatic carbocycles. The zero-order valence-electron chi connectivity index (χ0n) is 15.8. The minimum absolute atomic E-state index is 0.0380. The third-order valence-corrected chi connectivity index (χ3v) is 5.34. The van der Waals surface area contributed by atoms with Gasteiger partial charge in [0, 0.05) is 12.1 Å². The topological polar surface area (TPSA) is 56.5 Å². The number of aromatic nitrogens is 2. The Hall–Kier alpha value is -2.99. The molecule has 148 valence electrons. The van der Waals surface area contributed by atoms with Gasteiger partial charge in [-0.1, -0.05) is 41.9 Å². The fourth-order valence-electron chi connectivity index (χ4n) is 3.56. The number of halogens is 2. The number of hydrogen-bond acceptors (Lipinski definition) is 4. The predicted molar refractivity (Wildman–Crippen MR) is 111 cm³/mol. The van der Waals surface area contributed by atoms with Gasteiger partial charge in [0.05, 0.1) is 24.9 Å². The largest absolute Gasteiger partial charge is 0.490 e. The number of nitrogens with zero attached hydrogens (tertiary/aromatic N) is 3. The van der Waals surface area contributed by atoms with Crippen LogP contribution in [0.1, 0.15) is 29.0 Å². The van der Waals surface area contributed by atoms with Gasteiger partial charge in [0.15, 0.2) is 0 Å². The molecule has 3 aromatic rings. The van der Waals surface area contributed by atoms with Crippen LogP contribution in [0.15, 0.2) is 58.4 Å². The first kappa shape index (κ1) is 19.3. The van der Waals surface area contributed by atoms with Crippen molar-refractivity contribution >= 4 is 23.8 Å². The monoisotopic (exact) mass is 411 g/mol. The minimum Gasteiger partial charge on any atom is -0.490 e. The van der Waals surface area contributed by atoms with Gasteiger partial charge in [-0.2, -0.15) is 4.98 Å². The van der Waals surface area contributed by atoms with Gasteiger partial charge in [0.25, 0.3) is 0 Å². The highest BCUT2D eigenvalue weighted by atomic mass is 35.5. The Kier molecular flexibility index (Phi) is 5.45. The van der Waals surface area contributed by atoms with Gasteiger partial charge < -0.3 is 9.30 Å². The van der Waals surface area contributed by atoms with Crippen molar-refractivity contribution < 1.29 is 9.13 Å². The average Bonchev–Trinajstić information content (AvgIpc) is 3.14. The highest BCUT2D eigenvalue weighted by Crippen LogP contribution is 2.32. The van der Waals surface area contributed by atoms with Crippen LogP contribution >= 0.6 is 11.6 Å². The summed E-state index contributed by atoms with van der Waals surface area (Å²) in [7, 11) is 1.41. The summed E-state index contributed by atoms with van der Waals surface area (Å²) in [5, 5.41) is 0.0380. The fraction of sp³-hybridized carbons (Fsp3) is 0.227. The van der Waals surface area contributed by atoms with Crippen LogP contribution in [0.2, 0.25) is 5.02 Å². The van der Waals surface area contributed by atoms with Crippen LogP contribution in [0.25, 0.3) is 0 Å². The summed E-state index contributed by atoms with van der Waals surface area (Å²) in [6, 6.07) is 12.8. The van der Waals surface area contributed by atoms with Crippen molar-refractivity contribution in [3.05, 3.63) is 86.5 Å². The normalized spacial score (nSPS) is 15.6. The van der Waals surface area contributed by atoms with Crippen LogP contribution < -0.4 is 10.3 Å². The Balaban J connectivity index is 1.68.